The first kappa shape index (κ1) is 26.1. The van der Waals surface area contributed by atoms with Crippen LogP contribution in [0.25, 0.3) is 16.6 Å². The van der Waals surface area contributed by atoms with E-state index in [-0.39, 0.29) is 38.9 Å². The Bertz CT molecular complexity index is 1390. The van der Waals surface area contributed by atoms with Crippen molar-refractivity contribution in [2.75, 3.05) is 30.3 Å². The molecule has 0 radical (unpaired) electrons. The Balaban J connectivity index is 1.97. The van der Waals surface area contributed by atoms with Crippen molar-refractivity contribution in [2.24, 2.45) is 0 Å². The van der Waals surface area contributed by atoms with Gasteiger partial charge in [-0.05, 0) is 25.1 Å². The lowest BCUT2D eigenvalue weighted by Gasteiger charge is -2.42. The fourth-order valence-corrected chi connectivity index (χ4v) is 4.72. The molecule has 8 nitrogen and oxygen atoms in total. The molecule has 0 saturated carbocycles. The van der Waals surface area contributed by atoms with Gasteiger partial charge in [0.25, 0.3) is 5.56 Å². The first-order valence-electron chi connectivity index (χ1n) is 10.6. The predicted molar refractivity (Wildman–Crippen MR) is 129 cm³/mol. The number of benzene rings is 1. The molecule has 2 aromatic heterocycles. The quantitative estimate of drug-likeness (QED) is 0.222. The molecule has 1 fully saturated rings. The molecule has 1 aliphatic rings. The van der Waals surface area contributed by atoms with Crippen LogP contribution in [0.3, 0.4) is 0 Å². The number of rotatable bonds is 4. The number of alkyl halides is 3. The molecule has 0 bridgehead atoms. The van der Waals surface area contributed by atoms with Gasteiger partial charge in [-0.25, -0.2) is 14.4 Å². The average Bonchev–Trinajstić information content (AvgIpc) is 2.82. The number of hydrogen-bond donors (Lipinski definition) is 2. The molecule has 4 rings (SSSR count). The summed E-state index contributed by atoms with van der Waals surface area (Å²) in [5, 5.41) is 8.94. The van der Waals surface area contributed by atoms with Crippen molar-refractivity contribution in [3.63, 3.8) is 0 Å². The number of nitrogens with zero attached hydrogens (tertiary/aromatic N) is 5. The highest BCUT2D eigenvalue weighted by molar-refractivity contribution is 6.37. The third kappa shape index (κ3) is 4.38. The van der Waals surface area contributed by atoms with Gasteiger partial charge in [0.1, 0.15) is 35.3 Å². The van der Waals surface area contributed by atoms with Crippen LogP contribution in [0.1, 0.15) is 12.6 Å². The van der Waals surface area contributed by atoms with Crippen LogP contribution in [0.4, 0.5) is 29.1 Å². The number of piperazine rings is 1. The summed E-state index contributed by atoms with van der Waals surface area (Å²) in [6.07, 6.45) is -3.58. The first-order valence-corrected chi connectivity index (χ1v) is 11.3. The summed E-state index contributed by atoms with van der Waals surface area (Å²) in [5.74, 6) is -1.25. The molecule has 36 heavy (non-hydrogen) atoms. The number of nitrogen functional groups attached to an aromatic ring is 1. The molecule has 14 heteroatoms. The lowest BCUT2D eigenvalue weighted by molar-refractivity contribution is -0.142. The van der Waals surface area contributed by atoms with Gasteiger partial charge in [0.05, 0.1) is 21.1 Å². The van der Waals surface area contributed by atoms with E-state index in [1.54, 1.807) is 16.7 Å². The normalized spacial score (nSPS) is 18.0. The SMILES string of the molecule is C=CC(O)N1CCN(c2ncnc3c(=O)n(-c4c(N)c(Cl)cc(Cl)c4F)c(C(F)(F)F)cc23)[C@@H](C)C1. The Morgan fingerprint density at radius 1 is 1.25 bits per heavy atom. The zero-order valence-electron chi connectivity index (χ0n) is 18.7. The van der Waals surface area contributed by atoms with Crippen molar-refractivity contribution in [3.05, 3.63) is 63.0 Å². The minimum absolute atomic E-state index is 0.0867. The molecular formula is C22H20Cl2F4N6O2. The zero-order valence-corrected chi connectivity index (χ0v) is 20.2. The van der Waals surface area contributed by atoms with Crippen LogP contribution in [-0.4, -0.2) is 56.4 Å². The first-order chi connectivity index (χ1) is 16.9. The maximum absolute atomic E-state index is 15.0. The fourth-order valence-electron chi connectivity index (χ4n) is 4.27. The van der Waals surface area contributed by atoms with Crippen molar-refractivity contribution in [1.82, 2.24) is 19.4 Å². The summed E-state index contributed by atoms with van der Waals surface area (Å²) >= 11 is 11.7. The van der Waals surface area contributed by atoms with E-state index in [1.165, 1.54) is 6.08 Å². The summed E-state index contributed by atoms with van der Waals surface area (Å²) in [4.78, 5) is 24.9. The highest BCUT2D eigenvalue weighted by Gasteiger charge is 2.38. The third-order valence-corrected chi connectivity index (χ3v) is 6.59. The van der Waals surface area contributed by atoms with Crippen molar-refractivity contribution in [3.8, 4) is 5.69 Å². The van der Waals surface area contributed by atoms with Gasteiger partial charge < -0.3 is 15.7 Å². The molecule has 1 aliphatic heterocycles. The van der Waals surface area contributed by atoms with E-state index in [1.807, 2.05) is 0 Å². The van der Waals surface area contributed by atoms with Gasteiger partial charge in [-0.2, -0.15) is 13.2 Å². The number of anilines is 2. The summed E-state index contributed by atoms with van der Waals surface area (Å²) in [7, 11) is 0. The number of aromatic nitrogens is 3. The second-order valence-corrected chi connectivity index (χ2v) is 9.05. The Morgan fingerprint density at radius 3 is 2.56 bits per heavy atom. The molecule has 0 aliphatic carbocycles. The number of nitrogens with two attached hydrogens (primary N) is 1. The van der Waals surface area contributed by atoms with Gasteiger partial charge in [-0.15, -0.1) is 0 Å². The highest BCUT2D eigenvalue weighted by Crippen LogP contribution is 2.39. The monoisotopic (exact) mass is 546 g/mol. The standard InChI is InChI=1S/C22H20Cl2F4N6O2/c1-3-15(35)32-4-5-33(10(2)8-32)20-11-6-14(22(26,27)28)34(21(36)18(11)30-9-31-20)19-16(25)12(23)7-13(24)17(19)29/h3,6-7,9-10,15,35H,1,4-5,8,29H2,2H3/t10-,15?/m0/s1. The second kappa shape index (κ2) is 9.51. The molecular weight excluding hydrogens is 527 g/mol. The van der Waals surface area contributed by atoms with E-state index in [2.05, 4.69) is 16.5 Å². The number of aliphatic hydroxyl groups excluding tert-OH is 1. The molecule has 3 N–H and O–H groups in total. The van der Waals surface area contributed by atoms with E-state index in [0.717, 1.165) is 12.4 Å². The smallest absolute Gasteiger partial charge is 0.396 e. The molecule has 1 aromatic carbocycles. The molecule has 192 valence electrons. The van der Waals surface area contributed by atoms with Crippen LogP contribution in [0.5, 0.6) is 0 Å². The maximum atomic E-state index is 15.0. The zero-order chi connectivity index (χ0) is 26.5. The Kier molecular flexibility index (Phi) is 6.90. The van der Waals surface area contributed by atoms with Crippen molar-refractivity contribution in [1.29, 1.82) is 0 Å². The Morgan fingerprint density at radius 2 is 1.94 bits per heavy atom. The molecule has 2 atom stereocenters. The van der Waals surface area contributed by atoms with Crippen LogP contribution in [0, 0.1) is 5.82 Å². The molecule has 1 unspecified atom stereocenters. The number of fused-ring (bicyclic) bond motifs is 1. The van der Waals surface area contributed by atoms with Gasteiger partial charge >= 0.3 is 6.18 Å². The lowest BCUT2D eigenvalue weighted by atomic mass is 10.1. The second-order valence-electron chi connectivity index (χ2n) is 8.23. The fraction of sp³-hybridized carbons (Fsp3) is 0.318. The van der Waals surface area contributed by atoms with Crippen LogP contribution in [-0.2, 0) is 6.18 Å². The number of pyridine rings is 1. The average molecular weight is 547 g/mol. The highest BCUT2D eigenvalue weighted by atomic mass is 35.5. The van der Waals surface area contributed by atoms with Crippen LogP contribution >= 0.6 is 23.2 Å². The maximum Gasteiger partial charge on any atom is 0.431 e. The predicted octanol–water partition coefficient (Wildman–Crippen LogP) is 3.84. The molecule has 3 heterocycles. The van der Waals surface area contributed by atoms with E-state index < -0.39 is 45.9 Å². The number of hydrogen-bond acceptors (Lipinski definition) is 7. The molecule has 3 aromatic rings. The summed E-state index contributed by atoms with van der Waals surface area (Å²) in [6.45, 7) is 6.35. The Labute approximate surface area is 212 Å². The molecule has 1 saturated heterocycles. The summed E-state index contributed by atoms with van der Waals surface area (Å²) in [6, 6.07) is 1.31. The minimum atomic E-state index is -5.10. The summed E-state index contributed by atoms with van der Waals surface area (Å²) in [5.41, 5.74) is 1.11. The van der Waals surface area contributed by atoms with Gasteiger partial charge in [-0.3, -0.25) is 14.3 Å². The van der Waals surface area contributed by atoms with Crippen LogP contribution in [0.2, 0.25) is 10.0 Å². The van der Waals surface area contributed by atoms with Crippen molar-refractivity contribution in [2.45, 2.75) is 25.4 Å². The third-order valence-electron chi connectivity index (χ3n) is 6.00. The largest absolute Gasteiger partial charge is 0.431 e. The Hall–Kier alpha value is -2.93. The molecule has 0 amide bonds. The summed E-state index contributed by atoms with van der Waals surface area (Å²) < 4.78 is 57.8. The van der Waals surface area contributed by atoms with Crippen LogP contribution < -0.4 is 16.2 Å². The van der Waals surface area contributed by atoms with Crippen molar-refractivity contribution < 1.29 is 22.7 Å². The van der Waals surface area contributed by atoms with E-state index in [9.17, 15) is 27.5 Å². The van der Waals surface area contributed by atoms with E-state index in [0.29, 0.717) is 19.2 Å². The van der Waals surface area contributed by atoms with Gasteiger partial charge in [-0.1, -0.05) is 29.8 Å². The van der Waals surface area contributed by atoms with Crippen molar-refractivity contribution >= 4 is 45.6 Å². The minimum Gasteiger partial charge on any atom is -0.396 e. The number of halogens is 6. The topological polar surface area (TPSA) is 101 Å². The van der Waals surface area contributed by atoms with Gasteiger partial charge in [0.2, 0.25) is 0 Å². The van der Waals surface area contributed by atoms with Gasteiger partial charge in [0.15, 0.2) is 5.82 Å². The van der Waals surface area contributed by atoms with Crippen LogP contribution in [0.15, 0.2) is 35.9 Å². The van der Waals surface area contributed by atoms with Gasteiger partial charge in [0, 0.05) is 25.7 Å². The number of aliphatic hydroxyl groups is 1. The lowest BCUT2D eigenvalue weighted by Crippen LogP contribution is -2.55. The van der Waals surface area contributed by atoms with E-state index >= 15 is 0 Å². The molecule has 0 spiro atoms. The van der Waals surface area contributed by atoms with E-state index in [4.69, 9.17) is 28.9 Å².